The molecule has 0 amide bonds. The molecule has 1 aliphatic rings. The molecule has 0 fully saturated rings. The minimum absolute atomic E-state index is 0.00864. The van der Waals surface area contributed by atoms with E-state index in [9.17, 15) is 26.7 Å². The summed E-state index contributed by atoms with van der Waals surface area (Å²) in [5.41, 5.74) is -1.48. The van der Waals surface area contributed by atoms with Crippen molar-refractivity contribution in [3.63, 3.8) is 0 Å². The number of likely N-dealkylation sites (N-methyl/N-ethyl adjacent to an activating group) is 1. The summed E-state index contributed by atoms with van der Waals surface area (Å²) < 4.78 is 79.2. The molecular formula is C21H16F5N3O3. The Morgan fingerprint density at radius 3 is 2.53 bits per heavy atom. The lowest BCUT2D eigenvalue weighted by atomic mass is 10.1. The Bertz CT molecular complexity index is 1230. The molecule has 3 aromatic rings. The van der Waals surface area contributed by atoms with E-state index in [4.69, 9.17) is 9.47 Å². The summed E-state index contributed by atoms with van der Waals surface area (Å²) in [7, 11) is 1.80. The van der Waals surface area contributed by atoms with E-state index >= 15 is 0 Å². The minimum atomic E-state index is -4.78. The Balaban J connectivity index is 1.57. The van der Waals surface area contributed by atoms with Gasteiger partial charge in [-0.15, -0.1) is 0 Å². The van der Waals surface area contributed by atoms with Crippen LogP contribution in [-0.4, -0.2) is 23.1 Å². The van der Waals surface area contributed by atoms with Gasteiger partial charge >= 0.3 is 11.9 Å². The quantitative estimate of drug-likeness (QED) is 0.538. The van der Waals surface area contributed by atoms with Crippen molar-refractivity contribution >= 4 is 5.82 Å². The monoisotopic (exact) mass is 453 g/mol. The molecule has 0 radical (unpaired) electrons. The summed E-state index contributed by atoms with van der Waals surface area (Å²) >= 11 is 0. The van der Waals surface area contributed by atoms with Gasteiger partial charge in [0.2, 0.25) is 5.88 Å². The first kappa shape index (κ1) is 21.6. The van der Waals surface area contributed by atoms with Crippen molar-refractivity contribution in [1.29, 1.82) is 0 Å². The van der Waals surface area contributed by atoms with Crippen LogP contribution in [0.15, 0.2) is 47.3 Å². The molecule has 32 heavy (non-hydrogen) atoms. The zero-order valence-corrected chi connectivity index (χ0v) is 16.6. The highest BCUT2D eigenvalue weighted by Gasteiger charge is 2.35. The van der Waals surface area contributed by atoms with Gasteiger partial charge in [0, 0.05) is 32.3 Å². The minimum Gasteiger partial charge on any atom is -0.473 e. The van der Waals surface area contributed by atoms with Gasteiger partial charge in [0.1, 0.15) is 23.9 Å². The molecule has 0 bridgehead atoms. The second-order valence-electron chi connectivity index (χ2n) is 7.10. The molecule has 2 heterocycles. The van der Waals surface area contributed by atoms with Crippen LogP contribution in [0.2, 0.25) is 0 Å². The first-order chi connectivity index (χ1) is 15.1. The van der Waals surface area contributed by atoms with Gasteiger partial charge in [-0.2, -0.15) is 18.2 Å². The van der Waals surface area contributed by atoms with Gasteiger partial charge in [0.25, 0.3) is 0 Å². The molecule has 6 nitrogen and oxygen atoms in total. The Labute approximate surface area is 178 Å². The lowest BCUT2D eigenvalue weighted by Crippen LogP contribution is -2.22. The summed E-state index contributed by atoms with van der Waals surface area (Å²) in [5.74, 6) is -2.67. The fraction of sp³-hybridized carbons (Fsp3) is 0.238. The van der Waals surface area contributed by atoms with Gasteiger partial charge < -0.3 is 14.4 Å². The molecule has 0 spiro atoms. The fourth-order valence-corrected chi connectivity index (χ4v) is 3.24. The van der Waals surface area contributed by atoms with Gasteiger partial charge in [-0.1, -0.05) is 6.07 Å². The van der Waals surface area contributed by atoms with Crippen LogP contribution in [0.1, 0.15) is 11.1 Å². The smallest absolute Gasteiger partial charge is 0.419 e. The number of anilines is 1. The highest BCUT2D eigenvalue weighted by Crippen LogP contribution is 2.39. The third-order valence-corrected chi connectivity index (χ3v) is 4.87. The molecule has 1 aromatic heterocycles. The number of nitrogens with zero attached hydrogens (tertiary/aromatic N) is 3. The third kappa shape index (κ3) is 4.36. The van der Waals surface area contributed by atoms with Crippen LogP contribution in [0.5, 0.6) is 17.4 Å². The van der Waals surface area contributed by atoms with E-state index in [1.807, 2.05) is 4.90 Å². The standard InChI is InChI=1S/C21H16F5N3O3/c1-28-6-7-29-19(28)10-18(27-20(29)30)31-11-12-2-5-17(14(8-12)21(24,25)26)32-13-3-4-15(22)16(23)9-13/h2-5,8-10H,6-7,11H2,1H3. The normalized spacial score (nSPS) is 13.2. The van der Waals surface area contributed by atoms with Crippen LogP contribution in [0.25, 0.3) is 0 Å². The molecule has 0 N–H and O–H groups in total. The van der Waals surface area contributed by atoms with E-state index in [1.165, 1.54) is 10.6 Å². The second-order valence-corrected chi connectivity index (χ2v) is 7.10. The maximum Gasteiger partial charge on any atom is 0.419 e. The number of aromatic nitrogens is 2. The molecular weight excluding hydrogens is 437 g/mol. The largest absolute Gasteiger partial charge is 0.473 e. The second kappa shape index (κ2) is 8.13. The van der Waals surface area contributed by atoms with E-state index in [2.05, 4.69) is 4.98 Å². The number of hydrogen-bond donors (Lipinski definition) is 0. The van der Waals surface area contributed by atoms with Crippen molar-refractivity contribution in [3.8, 4) is 17.4 Å². The first-order valence-electron chi connectivity index (χ1n) is 9.40. The summed E-state index contributed by atoms with van der Waals surface area (Å²) in [6, 6.07) is 7.18. The van der Waals surface area contributed by atoms with Crippen LogP contribution in [-0.2, 0) is 19.3 Å². The average Bonchev–Trinajstić information content (AvgIpc) is 3.10. The zero-order valence-electron chi connectivity index (χ0n) is 16.6. The molecule has 4 rings (SSSR count). The van der Waals surface area contributed by atoms with Crippen LogP contribution in [0, 0.1) is 11.6 Å². The van der Waals surface area contributed by atoms with Gasteiger partial charge in [0.05, 0.1) is 5.56 Å². The van der Waals surface area contributed by atoms with E-state index in [0.717, 1.165) is 24.3 Å². The van der Waals surface area contributed by atoms with Gasteiger partial charge in [-0.25, -0.2) is 13.6 Å². The number of halogens is 5. The zero-order chi connectivity index (χ0) is 23.0. The van der Waals surface area contributed by atoms with Crippen LogP contribution in [0.4, 0.5) is 27.8 Å². The predicted octanol–water partition coefficient (Wildman–Crippen LogP) is 4.36. The van der Waals surface area contributed by atoms with Crippen LogP contribution >= 0.6 is 0 Å². The SMILES string of the molecule is CN1CCn2c1cc(OCc1ccc(Oc3ccc(F)c(F)c3)c(C(F)(F)F)c1)nc2=O. The summed E-state index contributed by atoms with van der Waals surface area (Å²) in [6.07, 6.45) is -4.78. The lowest BCUT2D eigenvalue weighted by Gasteiger charge is -2.16. The molecule has 0 saturated heterocycles. The molecule has 1 aliphatic heterocycles. The Morgan fingerprint density at radius 2 is 1.81 bits per heavy atom. The van der Waals surface area contributed by atoms with Gasteiger partial charge in [0.15, 0.2) is 11.6 Å². The average molecular weight is 453 g/mol. The van der Waals surface area contributed by atoms with Crippen LogP contribution < -0.4 is 20.1 Å². The molecule has 0 unspecified atom stereocenters. The molecule has 168 valence electrons. The Hall–Kier alpha value is -3.63. The highest BCUT2D eigenvalue weighted by atomic mass is 19.4. The molecule has 11 heteroatoms. The number of hydrogen-bond acceptors (Lipinski definition) is 5. The maximum atomic E-state index is 13.6. The summed E-state index contributed by atoms with van der Waals surface area (Å²) in [6.45, 7) is 0.842. The molecule has 2 aromatic carbocycles. The molecule has 0 atom stereocenters. The maximum absolute atomic E-state index is 13.6. The fourth-order valence-electron chi connectivity index (χ4n) is 3.24. The van der Waals surface area contributed by atoms with Crippen molar-refractivity contribution in [2.45, 2.75) is 19.3 Å². The number of fused-ring (bicyclic) bond motifs is 1. The van der Waals surface area contributed by atoms with E-state index < -0.39 is 34.8 Å². The van der Waals surface area contributed by atoms with Crippen molar-refractivity contribution < 1.29 is 31.4 Å². The van der Waals surface area contributed by atoms with Crippen molar-refractivity contribution in [1.82, 2.24) is 9.55 Å². The topological polar surface area (TPSA) is 56.6 Å². The number of rotatable bonds is 5. The predicted molar refractivity (Wildman–Crippen MR) is 104 cm³/mol. The summed E-state index contributed by atoms with van der Waals surface area (Å²) in [5, 5.41) is 0. The van der Waals surface area contributed by atoms with Crippen molar-refractivity contribution in [3.05, 3.63) is 75.7 Å². The van der Waals surface area contributed by atoms with Gasteiger partial charge in [-0.3, -0.25) is 4.57 Å². The van der Waals surface area contributed by atoms with E-state index in [0.29, 0.717) is 25.0 Å². The van der Waals surface area contributed by atoms with E-state index in [-0.39, 0.29) is 23.8 Å². The number of ether oxygens (including phenoxy) is 2. The number of benzene rings is 2. The van der Waals surface area contributed by atoms with Crippen molar-refractivity contribution in [2.75, 3.05) is 18.5 Å². The molecule has 0 aliphatic carbocycles. The molecule has 0 saturated carbocycles. The van der Waals surface area contributed by atoms with Crippen LogP contribution in [0.3, 0.4) is 0 Å². The number of alkyl halides is 3. The first-order valence-corrected chi connectivity index (χ1v) is 9.40. The highest BCUT2D eigenvalue weighted by molar-refractivity contribution is 5.45. The van der Waals surface area contributed by atoms with Gasteiger partial charge in [-0.05, 0) is 29.8 Å². The Kier molecular flexibility index (Phi) is 5.49. The van der Waals surface area contributed by atoms with Crippen molar-refractivity contribution in [2.24, 2.45) is 0 Å². The summed E-state index contributed by atoms with van der Waals surface area (Å²) in [4.78, 5) is 17.7. The third-order valence-electron chi connectivity index (χ3n) is 4.87. The van der Waals surface area contributed by atoms with E-state index in [1.54, 1.807) is 13.1 Å². The Morgan fingerprint density at radius 1 is 1.03 bits per heavy atom. The lowest BCUT2D eigenvalue weighted by molar-refractivity contribution is -0.138.